The summed E-state index contributed by atoms with van der Waals surface area (Å²) >= 11 is 0. The van der Waals surface area contributed by atoms with Crippen molar-refractivity contribution in [2.24, 2.45) is 11.8 Å². The number of phenolic OH excluding ortho intramolecular Hbond substituents is 2. The van der Waals surface area contributed by atoms with Crippen molar-refractivity contribution in [1.82, 2.24) is 0 Å². The topological polar surface area (TPSA) is 130 Å². The maximum absolute atomic E-state index is 13.4. The van der Waals surface area contributed by atoms with Crippen molar-refractivity contribution < 1.29 is 48.2 Å². The van der Waals surface area contributed by atoms with Gasteiger partial charge >= 0.3 is 11.9 Å². The Bertz CT molecular complexity index is 1660. The number of carbonyl (C=O) groups excluding carboxylic acids is 2. The minimum absolute atomic E-state index is 0.0169. The van der Waals surface area contributed by atoms with Crippen LogP contribution in [0.2, 0.25) is 0 Å². The molecule has 0 heterocycles. The number of hydrogen-bond acceptors (Lipinski definition) is 10. The molecule has 244 valence electrons. The lowest BCUT2D eigenvalue weighted by Gasteiger charge is -2.38. The van der Waals surface area contributed by atoms with E-state index >= 15 is 0 Å². The second kappa shape index (κ2) is 14.3. The molecule has 0 radical (unpaired) electrons. The smallest absolute Gasteiger partial charge is 0.333 e. The predicted molar refractivity (Wildman–Crippen MR) is 172 cm³/mol. The number of phenols is 2. The molecule has 4 atom stereocenters. The van der Waals surface area contributed by atoms with Gasteiger partial charge in [-0.25, -0.2) is 9.59 Å². The summed E-state index contributed by atoms with van der Waals surface area (Å²) in [4.78, 5) is 26.6. The van der Waals surface area contributed by atoms with Gasteiger partial charge in [0.1, 0.15) is 12.2 Å². The van der Waals surface area contributed by atoms with Gasteiger partial charge in [-0.1, -0.05) is 50.3 Å². The molecule has 0 amide bonds. The zero-order valence-electron chi connectivity index (χ0n) is 27.2. The molecule has 1 aliphatic carbocycles. The van der Waals surface area contributed by atoms with Crippen molar-refractivity contribution in [2.45, 2.75) is 39.9 Å². The van der Waals surface area contributed by atoms with E-state index in [0.717, 1.165) is 5.56 Å². The van der Waals surface area contributed by atoms with Gasteiger partial charge in [0.05, 0.1) is 28.4 Å². The number of hydrogen-bond donors (Lipinski definition) is 2. The Morgan fingerprint density at radius 1 is 0.739 bits per heavy atom. The summed E-state index contributed by atoms with van der Waals surface area (Å²) in [6, 6.07) is 12.5. The molecular weight excluding hydrogens is 592 g/mol. The molecule has 3 aromatic rings. The molecule has 10 heteroatoms. The summed E-state index contributed by atoms with van der Waals surface area (Å²) in [6.45, 7) is 7.07. The first kappa shape index (κ1) is 33.8. The Balaban J connectivity index is 2.07. The van der Waals surface area contributed by atoms with E-state index in [-0.39, 0.29) is 39.9 Å². The normalized spacial score (nSPS) is 19.3. The zero-order chi connectivity index (χ0) is 33.7. The third-order valence-electron chi connectivity index (χ3n) is 8.44. The van der Waals surface area contributed by atoms with Gasteiger partial charge in [-0.2, -0.15) is 0 Å². The fraction of sp³-hybridized carbons (Fsp3) is 0.333. The first-order valence-corrected chi connectivity index (χ1v) is 14.8. The molecule has 46 heavy (non-hydrogen) atoms. The Morgan fingerprint density at radius 3 is 1.65 bits per heavy atom. The number of benzene rings is 3. The van der Waals surface area contributed by atoms with E-state index < -0.39 is 41.7 Å². The van der Waals surface area contributed by atoms with Gasteiger partial charge in [0.2, 0.25) is 11.5 Å². The lowest BCUT2D eigenvalue weighted by Crippen LogP contribution is -2.31. The molecule has 4 unspecified atom stereocenters. The Labute approximate surface area is 268 Å². The average molecular weight is 633 g/mol. The van der Waals surface area contributed by atoms with E-state index in [1.807, 2.05) is 44.2 Å². The van der Waals surface area contributed by atoms with Gasteiger partial charge in [0, 0.05) is 45.7 Å². The highest BCUT2D eigenvalue weighted by Gasteiger charge is 2.43. The van der Waals surface area contributed by atoms with Crippen LogP contribution in [0.25, 0.3) is 17.2 Å². The van der Waals surface area contributed by atoms with E-state index in [2.05, 4.69) is 0 Å². The summed E-state index contributed by atoms with van der Waals surface area (Å²) in [5.74, 6) is -2.72. The molecule has 10 nitrogen and oxygen atoms in total. The highest BCUT2D eigenvalue weighted by molar-refractivity contribution is 5.91. The monoisotopic (exact) mass is 632 g/mol. The number of aromatic hydroxyl groups is 2. The fourth-order valence-electron chi connectivity index (χ4n) is 5.64. The van der Waals surface area contributed by atoms with E-state index in [1.165, 1.54) is 34.5 Å². The number of carbonyl (C=O) groups is 2. The van der Waals surface area contributed by atoms with Gasteiger partial charge < -0.3 is 38.6 Å². The van der Waals surface area contributed by atoms with Crippen LogP contribution >= 0.6 is 0 Å². The first-order valence-electron chi connectivity index (χ1n) is 14.8. The first-order chi connectivity index (χ1) is 22.0. The number of methoxy groups -OCH3 is 4. The number of rotatable bonds is 9. The Morgan fingerprint density at radius 2 is 1.22 bits per heavy atom. The van der Waals surface area contributed by atoms with Crippen LogP contribution in [0.5, 0.6) is 34.5 Å². The van der Waals surface area contributed by atoms with E-state index in [1.54, 1.807) is 38.1 Å². The lowest BCUT2D eigenvalue weighted by molar-refractivity contribution is -0.155. The van der Waals surface area contributed by atoms with Crippen LogP contribution in [0.3, 0.4) is 0 Å². The number of ether oxygens (including phenoxy) is 6. The van der Waals surface area contributed by atoms with Crippen LogP contribution in [-0.4, -0.2) is 50.6 Å². The fourth-order valence-corrected chi connectivity index (χ4v) is 5.64. The highest BCUT2D eigenvalue weighted by atomic mass is 16.6. The molecule has 3 aromatic carbocycles. The maximum Gasteiger partial charge on any atom is 0.333 e. The second-order valence-corrected chi connectivity index (χ2v) is 11.0. The molecule has 2 N–H and O–H groups in total. The molecular formula is C36H40O10. The zero-order valence-corrected chi connectivity index (χ0v) is 27.2. The van der Waals surface area contributed by atoms with E-state index in [9.17, 15) is 19.8 Å². The second-order valence-electron chi connectivity index (χ2n) is 11.0. The molecule has 0 saturated heterocycles. The molecule has 0 bridgehead atoms. The number of allylic oxidation sites excluding steroid dienone is 1. The molecule has 0 fully saturated rings. The predicted octanol–water partition coefficient (Wildman–Crippen LogP) is 6.93. The van der Waals surface area contributed by atoms with Gasteiger partial charge in [-0.05, 0) is 37.6 Å². The molecule has 0 saturated carbocycles. The van der Waals surface area contributed by atoms with Crippen LogP contribution in [0, 0.1) is 11.8 Å². The van der Waals surface area contributed by atoms with Crippen molar-refractivity contribution >= 4 is 18.0 Å². The highest BCUT2D eigenvalue weighted by Crippen LogP contribution is 2.59. The standard InChI is InChI=1S/C36H40O10/c1-9-19(2)36(40)46-33-21(4)20(3)32(45-27(37)16-15-22-13-11-10-12-14-22)23-17-25(41-5)34(43-7)30(38)28(23)29-24(33)18-26(42-6)35(44-8)31(29)39/h9-18,20-21,32-33,38-39H,1-8H3. The van der Waals surface area contributed by atoms with Gasteiger partial charge in [0.25, 0.3) is 0 Å². The molecule has 1 aliphatic rings. The van der Waals surface area contributed by atoms with Crippen molar-refractivity contribution in [3.05, 3.63) is 76.9 Å². The van der Waals surface area contributed by atoms with Crippen molar-refractivity contribution in [1.29, 1.82) is 0 Å². The third-order valence-corrected chi connectivity index (χ3v) is 8.44. The van der Waals surface area contributed by atoms with Gasteiger partial charge in [0.15, 0.2) is 23.0 Å². The lowest BCUT2D eigenvalue weighted by atomic mass is 9.74. The van der Waals surface area contributed by atoms with Crippen molar-refractivity contribution in [3.63, 3.8) is 0 Å². The summed E-state index contributed by atoms with van der Waals surface area (Å²) in [5.41, 5.74) is 2.00. The van der Waals surface area contributed by atoms with Crippen LogP contribution in [0.1, 0.15) is 56.6 Å². The van der Waals surface area contributed by atoms with Crippen LogP contribution in [0.4, 0.5) is 0 Å². The Kier molecular flexibility index (Phi) is 10.5. The largest absolute Gasteiger partial charge is 0.504 e. The molecule has 0 spiro atoms. The summed E-state index contributed by atoms with van der Waals surface area (Å²) in [7, 11) is 5.56. The Hall–Kier alpha value is -5.12. The van der Waals surface area contributed by atoms with E-state index in [0.29, 0.717) is 16.7 Å². The molecule has 4 rings (SSSR count). The average Bonchev–Trinajstić information content (AvgIpc) is 3.07. The van der Waals surface area contributed by atoms with Gasteiger partial charge in [-0.15, -0.1) is 0 Å². The van der Waals surface area contributed by atoms with Crippen LogP contribution in [0.15, 0.2) is 60.2 Å². The maximum atomic E-state index is 13.4. The number of fused-ring (bicyclic) bond motifs is 3. The number of esters is 2. The summed E-state index contributed by atoms with van der Waals surface area (Å²) in [5, 5.41) is 23.6. The van der Waals surface area contributed by atoms with E-state index in [4.69, 9.17) is 28.4 Å². The quantitative estimate of drug-likeness (QED) is 0.189. The molecule has 0 aromatic heterocycles. The SMILES string of the molecule is CC=C(C)C(=O)OC1c2cc(OC)c(OC)c(O)c2-c2c(cc(OC)c(OC)c2O)C(OC(=O)C=Cc2ccccc2)C(C)C1C. The van der Waals surface area contributed by atoms with Crippen molar-refractivity contribution in [2.75, 3.05) is 28.4 Å². The minimum Gasteiger partial charge on any atom is -0.504 e. The molecule has 0 aliphatic heterocycles. The van der Waals surface area contributed by atoms with Gasteiger partial charge in [-0.3, -0.25) is 0 Å². The third kappa shape index (κ3) is 6.33. The van der Waals surface area contributed by atoms with Crippen LogP contribution < -0.4 is 18.9 Å². The van der Waals surface area contributed by atoms with Crippen LogP contribution in [-0.2, 0) is 19.1 Å². The summed E-state index contributed by atoms with van der Waals surface area (Å²) in [6.07, 6.45) is 2.56. The summed E-state index contributed by atoms with van der Waals surface area (Å²) < 4.78 is 34.4. The minimum atomic E-state index is -1.02. The van der Waals surface area contributed by atoms with Crippen molar-refractivity contribution in [3.8, 4) is 45.6 Å².